The number of aliphatic hydroxyl groups excluding tert-OH is 1. The Hall–Kier alpha value is -3.19. The average molecular weight is 646 g/mol. The maximum Gasteiger partial charge on any atom is 0.407 e. The van der Waals surface area contributed by atoms with E-state index >= 15 is 0 Å². The minimum absolute atomic E-state index is 0.00337. The Labute approximate surface area is 264 Å². The molecule has 0 aliphatic carbocycles. The zero-order chi connectivity index (χ0) is 32.2. The zero-order valence-corrected chi connectivity index (χ0v) is 26.8. The lowest BCUT2D eigenvalue weighted by molar-refractivity contribution is -0.117. The summed E-state index contributed by atoms with van der Waals surface area (Å²) in [6.07, 6.45) is -1.05. The summed E-state index contributed by atoms with van der Waals surface area (Å²) in [5.74, 6) is 0.762. The Bertz CT molecular complexity index is 1450. The van der Waals surface area contributed by atoms with Crippen LogP contribution in [0.4, 0.5) is 4.79 Å². The number of ketones is 1. The molecule has 11 nitrogen and oxygen atoms in total. The predicted octanol–water partition coefficient (Wildman–Crippen LogP) is 4.19. The van der Waals surface area contributed by atoms with Gasteiger partial charge in [-0.3, -0.25) is 0 Å². The fraction of sp³-hybridized carbons (Fsp3) is 0.576. The Morgan fingerprint density at radius 1 is 1.09 bits per heavy atom. The van der Waals surface area contributed by atoms with Crippen LogP contribution in [0.3, 0.4) is 0 Å². The van der Waals surface area contributed by atoms with Crippen LogP contribution in [0, 0.1) is 11.3 Å². The van der Waals surface area contributed by atoms with Crippen LogP contribution in [0.25, 0.3) is 0 Å². The number of Topliss-reactive ketones (excluding diaryl/α,β-unsaturated/α-hetero) is 1. The molecule has 1 amide bonds. The number of carbonyl (C=O) groups excluding carboxylic acids is 2. The number of hydrogen-bond acceptors (Lipinski definition) is 10. The third-order valence-electron chi connectivity index (χ3n) is 8.86. The van der Waals surface area contributed by atoms with Crippen LogP contribution in [0.15, 0.2) is 53.4 Å². The molecule has 3 heterocycles. The van der Waals surface area contributed by atoms with E-state index in [0.717, 1.165) is 12.0 Å². The molecule has 0 saturated carbocycles. The number of alkyl carbamates (subject to hydrolysis) is 1. The van der Waals surface area contributed by atoms with Crippen molar-refractivity contribution >= 4 is 21.7 Å². The third-order valence-corrected chi connectivity index (χ3v) is 11.0. The maximum absolute atomic E-state index is 14.2. The SMILES string of the molecule is CC(=O)CCC(C)(C)CC(CC(O)[C@H](Cc1ccccc1)NC(=O)OC1COC2OCCC12)S(=O)(=O)c1ccc2c(c1)OCO2. The van der Waals surface area contributed by atoms with Gasteiger partial charge in [-0.1, -0.05) is 44.2 Å². The van der Waals surface area contributed by atoms with Gasteiger partial charge in [0, 0.05) is 12.5 Å². The fourth-order valence-corrected chi connectivity index (χ4v) is 8.29. The van der Waals surface area contributed by atoms with Crippen LogP contribution in [0.2, 0.25) is 0 Å². The minimum Gasteiger partial charge on any atom is -0.454 e. The number of aliphatic hydroxyl groups is 1. The van der Waals surface area contributed by atoms with E-state index in [2.05, 4.69) is 5.32 Å². The molecule has 5 rings (SSSR count). The second-order valence-corrected chi connectivity index (χ2v) is 15.2. The number of ether oxygens (including phenoxy) is 5. The highest BCUT2D eigenvalue weighted by molar-refractivity contribution is 7.92. The van der Waals surface area contributed by atoms with Gasteiger partial charge in [0.05, 0.1) is 41.4 Å². The number of amides is 1. The van der Waals surface area contributed by atoms with Gasteiger partial charge in [0.15, 0.2) is 27.6 Å². The largest absolute Gasteiger partial charge is 0.454 e. The number of rotatable bonds is 14. The first kappa shape index (κ1) is 33.2. The van der Waals surface area contributed by atoms with E-state index in [9.17, 15) is 23.1 Å². The summed E-state index contributed by atoms with van der Waals surface area (Å²) in [5, 5.41) is 13.5. The second-order valence-electron chi connectivity index (χ2n) is 13.0. The molecule has 2 saturated heterocycles. The molecule has 3 aliphatic rings. The Morgan fingerprint density at radius 2 is 1.84 bits per heavy atom. The van der Waals surface area contributed by atoms with Crippen LogP contribution in [-0.4, -0.2) is 75.2 Å². The average Bonchev–Trinajstić information content (AvgIpc) is 3.74. The third kappa shape index (κ3) is 8.35. The van der Waals surface area contributed by atoms with Crippen molar-refractivity contribution in [2.24, 2.45) is 11.3 Å². The number of hydrogen-bond donors (Lipinski definition) is 2. The monoisotopic (exact) mass is 645 g/mol. The van der Waals surface area contributed by atoms with Crippen molar-refractivity contribution in [3.8, 4) is 11.5 Å². The minimum atomic E-state index is -4.01. The summed E-state index contributed by atoms with van der Waals surface area (Å²) in [7, 11) is -4.01. The molecule has 246 valence electrons. The Morgan fingerprint density at radius 3 is 2.60 bits per heavy atom. The van der Waals surface area contributed by atoms with E-state index in [1.165, 1.54) is 19.1 Å². The molecule has 2 N–H and O–H groups in total. The molecule has 5 unspecified atom stereocenters. The summed E-state index contributed by atoms with van der Waals surface area (Å²) < 4.78 is 56.1. The lowest BCUT2D eigenvalue weighted by Crippen LogP contribution is -2.48. The van der Waals surface area contributed by atoms with Gasteiger partial charge in [-0.2, -0.15) is 0 Å². The van der Waals surface area contributed by atoms with Gasteiger partial charge < -0.3 is 38.9 Å². The van der Waals surface area contributed by atoms with Crippen LogP contribution in [-0.2, 0) is 35.3 Å². The second kappa shape index (κ2) is 14.1. The first-order valence-corrected chi connectivity index (χ1v) is 17.0. The van der Waals surface area contributed by atoms with Crippen molar-refractivity contribution in [2.45, 2.75) is 94.0 Å². The summed E-state index contributed by atoms with van der Waals surface area (Å²) >= 11 is 0. The number of carbonyl (C=O) groups is 2. The van der Waals surface area contributed by atoms with E-state index in [1.807, 2.05) is 44.2 Å². The van der Waals surface area contributed by atoms with Crippen molar-refractivity contribution in [2.75, 3.05) is 20.0 Å². The van der Waals surface area contributed by atoms with Crippen molar-refractivity contribution in [1.29, 1.82) is 0 Å². The van der Waals surface area contributed by atoms with Crippen molar-refractivity contribution < 1.29 is 46.8 Å². The number of benzene rings is 2. The molecule has 0 radical (unpaired) electrons. The van der Waals surface area contributed by atoms with E-state index in [-0.39, 0.29) is 55.5 Å². The highest BCUT2D eigenvalue weighted by Crippen LogP contribution is 2.39. The summed E-state index contributed by atoms with van der Waals surface area (Å²) in [4.78, 5) is 25.0. The highest BCUT2D eigenvalue weighted by atomic mass is 32.2. The van der Waals surface area contributed by atoms with Gasteiger partial charge in [-0.15, -0.1) is 0 Å². The van der Waals surface area contributed by atoms with Gasteiger partial charge in [0.1, 0.15) is 11.9 Å². The van der Waals surface area contributed by atoms with E-state index in [4.69, 9.17) is 23.7 Å². The molecule has 2 aromatic carbocycles. The molecular formula is C33H43NO10S. The molecule has 12 heteroatoms. The lowest BCUT2D eigenvalue weighted by atomic mass is 9.81. The van der Waals surface area contributed by atoms with Crippen LogP contribution in [0.5, 0.6) is 11.5 Å². The Kier molecular flexibility index (Phi) is 10.4. The maximum atomic E-state index is 14.2. The normalized spacial score (nSPS) is 22.8. The molecule has 6 atom stereocenters. The number of nitrogens with one attached hydrogen (secondary N) is 1. The van der Waals surface area contributed by atoms with Crippen molar-refractivity contribution in [1.82, 2.24) is 5.32 Å². The van der Waals surface area contributed by atoms with Crippen LogP contribution >= 0.6 is 0 Å². The first-order valence-electron chi connectivity index (χ1n) is 15.5. The lowest BCUT2D eigenvalue weighted by Gasteiger charge is -2.33. The summed E-state index contributed by atoms with van der Waals surface area (Å²) in [5.41, 5.74) is 0.315. The number of sulfone groups is 1. The quantitative estimate of drug-likeness (QED) is 0.307. The van der Waals surface area contributed by atoms with Gasteiger partial charge in [0.2, 0.25) is 6.79 Å². The first-order chi connectivity index (χ1) is 21.4. The zero-order valence-electron chi connectivity index (χ0n) is 26.0. The molecule has 45 heavy (non-hydrogen) atoms. The van der Waals surface area contributed by atoms with Crippen LogP contribution in [0.1, 0.15) is 58.4 Å². The molecule has 0 spiro atoms. The van der Waals surface area contributed by atoms with Gasteiger partial charge in [-0.25, -0.2) is 13.2 Å². The predicted molar refractivity (Wildman–Crippen MR) is 164 cm³/mol. The van der Waals surface area contributed by atoms with Crippen molar-refractivity contribution in [3.63, 3.8) is 0 Å². The highest BCUT2D eigenvalue weighted by Gasteiger charge is 2.44. The molecular weight excluding hydrogens is 602 g/mol. The molecule has 0 bridgehead atoms. The summed E-state index contributed by atoms with van der Waals surface area (Å²) in [6, 6.07) is 13.0. The van der Waals surface area contributed by atoms with Gasteiger partial charge in [0.25, 0.3) is 0 Å². The van der Waals surface area contributed by atoms with Gasteiger partial charge in [-0.05, 0) is 62.1 Å². The van der Waals surface area contributed by atoms with Crippen molar-refractivity contribution in [3.05, 3.63) is 54.1 Å². The van der Waals surface area contributed by atoms with E-state index in [0.29, 0.717) is 30.9 Å². The fourth-order valence-electron chi connectivity index (χ4n) is 6.25. The summed E-state index contributed by atoms with van der Waals surface area (Å²) in [6.45, 7) is 6.12. The molecule has 2 aromatic rings. The molecule has 2 fully saturated rings. The van der Waals surface area contributed by atoms with E-state index in [1.54, 1.807) is 6.07 Å². The number of fused-ring (bicyclic) bond motifs is 2. The molecule has 0 aromatic heterocycles. The Balaban J connectivity index is 1.38. The topological polar surface area (TPSA) is 147 Å². The van der Waals surface area contributed by atoms with Gasteiger partial charge >= 0.3 is 6.09 Å². The van der Waals surface area contributed by atoms with Crippen LogP contribution < -0.4 is 14.8 Å². The van der Waals surface area contributed by atoms with E-state index < -0.39 is 44.8 Å². The smallest absolute Gasteiger partial charge is 0.407 e. The standard InChI is InChI=1S/C33H43NO10S/c1-21(35)11-13-33(2,3)18-24(45(38,39)23-9-10-28-29(17-23)43-20-42-28)16-27(36)26(15-22-7-5-4-6-8-22)34-32(37)44-30-19-41-31-25(30)12-14-40-31/h4-10,17,24-27,30-31,36H,11-16,18-20H2,1-3H3,(H,34,37)/t24?,25?,26-,27?,30?,31?/m0/s1. The molecule has 3 aliphatic heterocycles.